The number of benzene rings is 3. The van der Waals surface area contributed by atoms with E-state index in [-0.39, 0.29) is 18.4 Å². The molecular formula is C27H28FN2O2PS. The summed E-state index contributed by atoms with van der Waals surface area (Å²) in [6, 6.07) is 26.3. The number of nitrogens with zero attached hydrogens (tertiary/aromatic N) is 2. The molecule has 176 valence electrons. The van der Waals surface area contributed by atoms with Crippen LogP contribution in [0.2, 0.25) is 0 Å². The zero-order valence-corrected chi connectivity index (χ0v) is 20.9. The van der Waals surface area contributed by atoms with Gasteiger partial charge in [-0.15, -0.1) is 0 Å². The zero-order chi connectivity index (χ0) is 24.1. The first-order chi connectivity index (χ1) is 16.4. The third-order valence-electron chi connectivity index (χ3n) is 5.99. The summed E-state index contributed by atoms with van der Waals surface area (Å²) in [5.74, 6) is -1.32. The molecule has 0 bridgehead atoms. The highest BCUT2D eigenvalue weighted by atomic mass is 32.4. The topological polar surface area (TPSA) is 32.8 Å². The van der Waals surface area contributed by atoms with Crippen molar-refractivity contribution < 1.29 is 13.9 Å². The van der Waals surface area contributed by atoms with Crippen LogP contribution in [-0.4, -0.2) is 25.7 Å². The molecule has 1 heterocycles. The number of anilines is 2. The summed E-state index contributed by atoms with van der Waals surface area (Å²) < 4.78 is 23.4. The van der Waals surface area contributed by atoms with E-state index in [2.05, 4.69) is 15.9 Å². The third kappa shape index (κ3) is 4.79. The van der Waals surface area contributed by atoms with Gasteiger partial charge in [-0.2, -0.15) is 0 Å². The molecule has 1 atom stereocenters. The van der Waals surface area contributed by atoms with Gasteiger partial charge in [0, 0.05) is 29.8 Å². The first-order valence-corrected chi connectivity index (χ1v) is 14.0. The Balaban J connectivity index is 1.79. The predicted octanol–water partition coefficient (Wildman–Crippen LogP) is 6.40. The van der Waals surface area contributed by atoms with Crippen molar-refractivity contribution in [1.82, 2.24) is 0 Å². The Hall–Kier alpha value is -2.95. The maximum atomic E-state index is 13.5. The van der Waals surface area contributed by atoms with Crippen molar-refractivity contribution in [3.8, 4) is 0 Å². The van der Waals surface area contributed by atoms with Crippen molar-refractivity contribution in [3.05, 3.63) is 108 Å². The lowest BCUT2D eigenvalue weighted by Gasteiger charge is -2.39. The lowest BCUT2D eigenvalue weighted by molar-refractivity contribution is -0.146. The fourth-order valence-corrected chi connectivity index (χ4v) is 8.85. The molecule has 34 heavy (non-hydrogen) atoms. The highest BCUT2D eigenvalue weighted by molar-refractivity contribution is 8.18. The SMILES string of the molecule is C=C(C(Cc1ccc(F)cc1)C(=O)OCC)P1(=S)N(c2ccccc2)CCN1c1ccccc1. The number of hydrogen-bond acceptors (Lipinski definition) is 3. The minimum atomic E-state index is -2.67. The largest absolute Gasteiger partial charge is 0.466 e. The van der Waals surface area contributed by atoms with Crippen molar-refractivity contribution in [3.63, 3.8) is 0 Å². The first kappa shape index (κ1) is 24.2. The van der Waals surface area contributed by atoms with Crippen LogP contribution in [0.4, 0.5) is 15.8 Å². The van der Waals surface area contributed by atoms with E-state index >= 15 is 0 Å². The monoisotopic (exact) mass is 494 g/mol. The molecule has 0 spiro atoms. The summed E-state index contributed by atoms with van der Waals surface area (Å²) >= 11 is 6.51. The molecule has 3 aromatic carbocycles. The first-order valence-electron chi connectivity index (χ1n) is 11.3. The molecule has 0 aliphatic carbocycles. The average molecular weight is 495 g/mol. The fourth-order valence-electron chi connectivity index (χ4n) is 4.31. The van der Waals surface area contributed by atoms with Crippen LogP contribution in [0, 0.1) is 11.7 Å². The van der Waals surface area contributed by atoms with Gasteiger partial charge in [0.05, 0.1) is 12.5 Å². The Morgan fingerprint density at radius 1 is 0.971 bits per heavy atom. The standard InChI is InChI=1S/C27H28FN2O2PS/c1-3-32-27(31)26(20-22-14-16-23(28)17-15-22)21(2)33(34)29(24-10-6-4-7-11-24)18-19-30(33)25-12-8-5-9-13-25/h4-17,26H,2-3,18-20H2,1H3. The Labute approximate surface area is 205 Å². The molecular weight excluding hydrogens is 466 g/mol. The van der Waals surface area contributed by atoms with Gasteiger partial charge in [0.1, 0.15) is 12.2 Å². The molecule has 0 saturated carbocycles. The van der Waals surface area contributed by atoms with Crippen molar-refractivity contribution in [2.75, 3.05) is 29.0 Å². The molecule has 1 fully saturated rings. The summed E-state index contributed by atoms with van der Waals surface area (Å²) in [5, 5.41) is 0.676. The van der Waals surface area contributed by atoms with Gasteiger partial charge < -0.3 is 14.1 Å². The Morgan fingerprint density at radius 3 is 1.94 bits per heavy atom. The van der Waals surface area contributed by atoms with E-state index in [0.29, 0.717) is 11.7 Å². The van der Waals surface area contributed by atoms with E-state index in [4.69, 9.17) is 16.5 Å². The lowest BCUT2D eigenvalue weighted by Crippen LogP contribution is -2.28. The maximum Gasteiger partial charge on any atom is 0.313 e. The van der Waals surface area contributed by atoms with Crippen LogP contribution in [0.25, 0.3) is 0 Å². The smallest absolute Gasteiger partial charge is 0.313 e. The normalized spacial score (nSPS) is 15.7. The number of para-hydroxylation sites is 2. The number of carbonyl (C=O) groups is 1. The van der Waals surface area contributed by atoms with E-state index < -0.39 is 12.3 Å². The molecule has 1 aliphatic rings. The molecule has 0 amide bonds. The Bertz CT molecular complexity index is 1140. The molecule has 4 rings (SSSR count). The van der Waals surface area contributed by atoms with Crippen molar-refractivity contribution in [1.29, 1.82) is 0 Å². The van der Waals surface area contributed by atoms with Crippen LogP contribution in [0.1, 0.15) is 12.5 Å². The number of halogens is 1. The molecule has 0 radical (unpaired) electrons. The second-order valence-corrected chi connectivity index (χ2v) is 12.2. The van der Waals surface area contributed by atoms with Crippen LogP contribution in [-0.2, 0) is 27.8 Å². The van der Waals surface area contributed by atoms with Crippen LogP contribution >= 0.6 is 6.34 Å². The van der Waals surface area contributed by atoms with Crippen LogP contribution in [0.15, 0.2) is 96.8 Å². The molecule has 1 aliphatic heterocycles. The number of esters is 1. The summed E-state index contributed by atoms with van der Waals surface area (Å²) in [6.07, 6.45) is -2.33. The second-order valence-electron chi connectivity index (χ2n) is 8.09. The molecule has 1 unspecified atom stereocenters. The van der Waals surface area contributed by atoms with E-state index in [0.717, 1.165) is 30.0 Å². The highest BCUT2D eigenvalue weighted by Crippen LogP contribution is 2.67. The van der Waals surface area contributed by atoms with Gasteiger partial charge >= 0.3 is 5.97 Å². The van der Waals surface area contributed by atoms with Gasteiger partial charge in [-0.25, -0.2) is 4.39 Å². The lowest BCUT2D eigenvalue weighted by atomic mass is 9.99. The van der Waals surface area contributed by atoms with E-state index in [1.54, 1.807) is 19.1 Å². The Morgan fingerprint density at radius 2 is 1.47 bits per heavy atom. The summed E-state index contributed by atoms with van der Waals surface area (Å²) in [7, 11) is 0. The number of carbonyl (C=O) groups excluding carboxylic acids is 1. The minimum absolute atomic E-state index is 0.264. The predicted molar refractivity (Wildman–Crippen MR) is 141 cm³/mol. The molecule has 7 heteroatoms. The number of hydrogen-bond donors (Lipinski definition) is 0. The van der Waals surface area contributed by atoms with Gasteiger partial charge in [0.25, 0.3) is 0 Å². The van der Waals surface area contributed by atoms with E-state index in [9.17, 15) is 9.18 Å². The molecule has 1 saturated heterocycles. The van der Waals surface area contributed by atoms with Gasteiger partial charge in [-0.05, 0) is 67.1 Å². The summed E-state index contributed by atoms with van der Waals surface area (Å²) in [6.45, 7) is 7.96. The van der Waals surface area contributed by atoms with Crippen molar-refractivity contribution >= 4 is 35.5 Å². The fraction of sp³-hybridized carbons (Fsp3) is 0.222. The van der Waals surface area contributed by atoms with E-state index in [1.807, 2.05) is 60.7 Å². The number of ether oxygens (including phenoxy) is 1. The molecule has 4 nitrogen and oxygen atoms in total. The van der Waals surface area contributed by atoms with Gasteiger partial charge in [-0.1, -0.05) is 55.1 Å². The van der Waals surface area contributed by atoms with Crippen LogP contribution in [0.5, 0.6) is 0 Å². The quantitative estimate of drug-likeness (QED) is 0.267. The molecule has 0 N–H and O–H groups in total. The van der Waals surface area contributed by atoms with Gasteiger partial charge in [0.2, 0.25) is 0 Å². The zero-order valence-electron chi connectivity index (χ0n) is 19.1. The molecule has 0 aromatic heterocycles. The minimum Gasteiger partial charge on any atom is -0.466 e. The van der Waals surface area contributed by atoms with Crippen LogP contribution in [0.3, 0.4) is 0 Å². The highest BCUT2D eigenvalue weighted by Gasteiger charge is 2.45. The summed E-state index contributed by atoms with van der Waals surface area (Å²) in [5.41, 5.74) is 2.85. The van der Waals surface area contributed by atoms with Gasteiger partial charge in [0.15, 0.2) is 0 Å². The average Bonchev–Trinajstić information content (AvgIpc) is 3.22. The number of rotatable bonds is 8. The summed E-state index contributed by atoms with van der Waals surface area (Å²) in [4.78, 5) is 13.2. The third-order valence-corrected chi connectivity index (χ3v) is 11.1. The van der Waals surface area contributed by atoms with Crippen molar-refractivity contribution in [2.24, 2.45) is 5.92 Å². The van der Waals surface area contributed by atoms with E-state index in [1.165, 1.54) is 12.1 Å². The maximum absolute atomic E-state index is 13.5. The second kappa shape index (κ2) is 10.5. The molecule has 3 aromatic rings. The van der Waals surface area contributed by atoms with Crippen LogP contribution < -0.4 is 9.34 Å². The Kier molecular flexibility index (Phi) is 7.50. The van der Waals surface area contributed by atoms with Gasteiger partial charge in [-0.3, -0.25) is 4.79 Å². The van der Waals surface area contributed by atoms with Crippen molar-refractivity contribution in [2.45, 2.75) is 13.3 Å².